The lowest BCUT2D eigenvalue weighted by Crippen LogP contribution is -2.48. The van der Waals surface area contributed by atoms with Gasteiger partial charge in [-0.1, -0.05) is 6.92 Å². The van der Waals surface area contributed by atoms with E-state index in [0.717, 1.165) is 17.7 Å². The van der Waals surface area contributed by atoms with Gasteiger partial charge in [0.15, 0.2) is 0 Å². The lowest BCUT2D eigenvalue weighted by atomic mass is 9.83. The predicted octanol–water partition coefficient (Wildman–Crippen LogP) is 2.99. The monoisotopic (exact) mass is 338 g/mol. The molecular formula is C19H22N4O2. The van der Waals surface area contributed by atoms with Gasteiger partial charge < -0.3 is 10.2 Å². The van der Waals surface area contributed by atoms with Gasteiger partial charge in [0, 0.05) is 30.4 Å². The number of aromatic nitrogens is 2. The molecule has 0 radical (unpaired) electrons. The highest BCUT2D eigenvalue weighted by atomic mass is 16.2. The van der Waals surface area contributed by atoms with Crippen molar-refractivity contribution < 1.29 is 9.59 Å². The molecule has 0 spiro atoms. The van der Waals surface area contributed by atoms with Crippen LogP contribution in [0.2, 0.25) is 0 Å². The summed E-state index contributed by atoms with van der Waals surface area (Å²) in [6, 6.07) is 5.92. The van der Waals surface area contributed by atoms with Crippen LogP contribution in [0.4, 0.5) is 11.4 Å². The van der Waals surface area contributed by atoms with E-state index in [-0.39, 0.29) is 17.9 Å². The summed E-state index contributed by atoms with van der Waals surface area (Å²) >= 11 is 0. The quantitative estimate of drug-likeness (QED) is 0.903. The number of H-pyrrole nitrogens is 1. The third-order valence-electron chi connectivity index (χ3n) is 5.22. The molecule has 4 rings (SSSR count). The number of rotatable bonds is 3. The molecule has 25 heavy (non-hydrogen) atoms. The summed E-state index contributed by atoms with van der Waals surface area (Å²) in [6.07, 6.45) is 6.51. The number of hydrogen-bond acceptors (Lipinski definition) is 3. The van der Waals surface area contributed by atoms with Crippen LogP contribution in [0.5, 0.6) is 0 Å². The summed E-state index contributed by atoms with van der Waals surface area (Å²) in [4.78, 5) is 26.7. The lowest BCUT2D eigenvalue weighted by Gasteiger charge is -2.41. The maximum Gasteiger partial charge on any atom is 0.255 e. The number of carbonyl (C=O) groups is 2. The molecule has 1 aromatic heterocycles. The molecule has 1 aliphatic carbocycles. The van der Waals surface area contributed by atoms with Gasteiger partial charge >= 0.3 is 0 Å². The van der Waals surface area contributed by atoms with Crippen LogP contribution in [0.3, 0.4) is 0 Å². The Labute approximate surface area is 146 Å². The van der Waals surface area contributed by atoms with Gasteiger partial charge in [0.1, 0.15) is 0 Å². The molecule has 1 saturated carbocycles. The minimum atomic E-state index is -0.171. The zero-order chi connectivity index (χ0) is 17.6. The van der Waals surface area contributed by atoms with E-state index in [2.05, 4.69) is 22.4 Å². The minimum absolute atomic E-state index is 0.0836. The molecule has 1 aliphatic heterocycles. The Morgan fingerprint density at radius 2 is 2.12 bits per heavy atom. The molecule has 2 N–H and O–H groups in total. The van der Waals surface area contributed by atoms with Gasteiger partial charge in [0.05, 0.1) is 11.9 Å². The normalized spacial score (nSPS) is 22.4. The van der Waals surface area contributed by atoms with Crippen molar-refractivity contribution in [3.63, 3.8) is 0 Å². The molecule has 1 fully saturated rings. The van der Waals surface area contributed by atoms with E-state index in [0.29, 0.717) is 23.1 Å². The van der Waals surface area contributed by atoms with E-state index in [1.54, 1.807) is 25.4 Å². The van der Waals surface area contributed by atoms with Crippen molar-refractivity contribution in [3.8, 4) is 0 Å². The topological polar surface area (TPSA) is 78.1 Å². The van der Waals surface area contributed by atoms with Crippen LogP contribution in [-0.2, 0) is 11.2 Å². The zero-order valence-corrected chi connectivity index (χ0v) is 14.5. The second kappa shape index (κ2) is 6.02. The first kappa shape index (κ1) is 15.9. The van der Waals surface area contributed by atoms with E-state index >= 15 is 0 Å². The van der Waals surface area contributed by atoms with Gasteiger partial charge in [-0.15, -0.1) is 0 Å². The average Bonchev–Trinajstić information content (AvgIpc) is 3.29. The van der Waals surface area contributed by atoms with Crippen molar-refractivity contribution in [1.29, 1.82) is 0 Å². The van der Waals surface area contributed by atoms with E-state index in [9.17, 15) is 9.59 Å². The van der Waals surface area contributed by atoms with E-state index in [1.807, 2.05) is 17.0 Å². The Kier molecular flexibility index (Phi) is 3.82. The maximum absolute atomic E-state index is 12.4. The first-order valence-electron chi connectivity index (χ1n) is 8.77. The highest BCUT2D eigenvalue weighted by Gasteiger charge is 2.43. The van der Waals surface area contributed by atoms with Gasteiger partial charge in [-0.2, -0.15) is 5.10 Å². The van der Waals surface area contributed by atoms with Gasteiger partial charge in [0.2, 0.25) is 5.91 Å². The van der Waals surface area contributed by atoms with Gasteiger partial charge in [0.25, 0.3) is 5.91 Å². The van der Waals surface area contributed by atoms with Crippen molar-refractivity contribution >= 4 is 23.2 Å². The Bertz CT molecular complexity index is 811. The fourth-order valence-corrected chi connectivity index (χ4v) is 4.02. The third-order valence-corrected chi connectivity index (χ3v) is 5.22. The lowest BCUT2D eigenvalue weighted by molar-refractivity contribution is -0.117. The Morgan fingerprint density at radius 3 is 2.76 bits per heavy atom. The van der Waals surface area contributed by atoms with Gasteiger partial charge in [-0.3, -0.25) is 14.7 Å². The number of aromatic amines is 1. The number of amides is 2. The number of anilines is 2. The standard InChI is InChI=1S/C19H22N4O2/c1-11-7-15-8-14(19(25)22-16-9-20-21-10-16)5-6-17(15)23(12(2)24)18(11)13-3-4-13/h5-6,8-11,13,18H,3-4,7H2,1-2H3,(H,20,21)(H,22,25). The summed E-state index contributed by atoms with van der Waals surface area (Å²) in [5.74, 6) is 0.933. The third kappa shape index (κ3) is 2.92. The molecule has 2 aromatic rings. The van der Waals surface area contributed by atoms with Crippen molar-refractivity contribution in [2.75, 3.05) is 10.2 Å². The smallest absolute Gasteiger partial charge is 0.255 e. The van der Waals surface area contributed by atoms with Gasteiger partial charge in [-0.25, -0.2) is 0 Å². The molecule has 2 amide bonds. The Balaban J connectivity index is 1.65. The van der Waals surface area contributed by atoms with Crippen LogP contribution in [-0.4, -0.2) is 28.1 Å². The van der Waals surface area contributed by atoms with Crippen LogP contribution in [0.25, 0.3) is 0 Å². The number of hydrogen-bond donors (Lipinski definition) is 2. The second-order valence-corrected chi connectivity index (χ2v) is 7.18. The second-order valence-electron chi connectivity index (χ2n) is 7.18. The number of benzene rings is 1. The average molecular weight is 338 g/mol. The molecule has 2 unspecified atom stereocenters. The highest BCUT2D eigenvalue weighted by molar-refractivity contribution is 6.05. The highest BCUT2D eigenvalue weighted by Crippen LogP contribution is 2.45. The molecule has 2 heterocycles. The van der Waals surface area contributed by atoms with Crippen LogP contribution >= 0.6 is 0 Å². The summed E-state index contributed by atoms with van der Waals surface area (Å²) < 4.78 is 0. The Morgan fingerprint density at radius 1 is 1.32 bits per heavy atom. The van der Waals surface area contributed by atoms with Crippen molar-refractivity contribution in [2.24, 2.45) is 11.8 Å². The first-order chi connectivity index (χ1) is 12.0. The zero-order valence-electron chi connectivity index (χ0n) is 14.5. The number of fused-ring (bicyclic) bond motifs is 1. The van der Waals surface area contributed by atoms with Crippen molar-refractivity contribution in [3.05, 3.63) is 41.7 Å². The molecule has 1 aromatic carbocycles. The molecule has 6 heteroatoms. The number of nitrogens with one attached hydrogen (secondary N) is 2. The molecule has 130 valence electrons. The van der Waals surface area contributed by atoms with Crippen molar-refractivity contribution in [2.45, 2.75) is 39.2 Å². The molecule has 2 aliphatic rings. The van der Waals surface area contributed by atoms with Crippen molar-refractivity contribution in [1.82, 2.24) is 10.2 Å². The van der Waals surface area contributed by atoms with Crippen LogP contribution in [0, 0.1) is 11.8 Å². The molecular weight excluding hydrogens is 316 g/mol. The molecule has 6 nitrogen and oxygen atoms in total. The molecule has 2 atom stereocenters. The number of carbonyl (C=O) groups excluding carboxylic acids is 2. The molecule has 0 bridgehead atoms. The summed E-state index contributed by atoms with van der Waals surface area (Å²) in [6.45, 7) is 3.84. The first-order valence-corrected chi connectivity index (χ1v) is 8.77. The predicted molar refractivity (Wildman–Crippen MR) is 95.5 cm³/mol. The van der Waals surface area contributed by atoms with Crippen LogP contribution in [0.15, 0.2) is 30.6 Å². The Hall–Kier alpha value is -2.63. The van der Waals surface area contributed by atoms with Crippen LogP contribution in [0.1, 0.15) is 42.6 Å². The van der Waals surface area contributed by atoms with E-state index in [1.165, 1.54) is 12.8 Å². The van der Waals surface area contributed by atoms with Crippen LogP contribution < -0.4 is 10.2 Å². The van der Waals surface area contributed by atoms with E-state index in [4.69, 9.17) is 0 Å². The minimum Gasteiger partial charge on any atom is -0.319 e. The van der Waals surface area contributed by atoms with Gasteiger partial charge in [-0.05, 0) is 54.9 Å². The fourth-order valence-electron chi connectivity index (χ4n) is 4.02. The number of nitrogens with zero attached hydrogens (tertiary/aromatic N) is 2. The molecule has 0 saturated heterocycles. The summed E-state index contributed by atoms with van der Waals surface area (Å²) in [5, 5.41) is 9.31. The fraction of sp³-hybridized carbons (Fsp3) is 0.421. The largest absolute Gasteiger partial charge is 0.319 e. The maximum atomic E-state index is 12.4. The summed E-state index contributed by atoms with van der Waals surface area (Å²) in [7, 11) is 0. The SMILES string of the molecule is CC(=O)N1c2ccc(C(=O)Nc3cn[nH]c3)cc2CC(C)C1C1CC1. The summed E-state index contributed by atoms with van der Waals surface area (Å²) in [5.41, 5.74) is 3.26. The van der Waals surface area contributed by atoms with E-state index < -0.39 is 0 Å².